The van der Waals surface area contributed by atoms with Gasteiger partial charge in [-0.15, -0.1) is 0 Å². The summed E-state index contributed by atoms with van der Waals surface area (Å²) in [6.07, 6.45) is 4.68. The zero-order valence-electron chi connectivity index (χ0n) is 17.5. The molecule has 2 atom stereocenters. The van der Waals surface area contributed by atoms with E-state index in [2.05, 4.69) is 22.3 Å². The van der Waals surface area contributed by atoms with E-state index < -0.39 is 0 Å². The molecule has 1 aliphatic carbocycles. The molecule has 0 bridgehead atoms. The number of anilines is 3. The molecule has 1 saturated heterocycles. The quantitative estimate of drug-likeness (QED) is 0.750. The Hall–Kier alpha value is -3.15. The number of hydrogen-bond donors (Lipinski definition) is 1. The first-order chi connectivity index (χ1) is 15.1. The van der Waals surface area contributed by atoms with E-state index in [9.17, 15) is 14.4 Å². The Bertz CT molecular complexity index is 1010. The summed E-state index contributed by atoms with van der Waals surface area (Å²) in [5.74, 6) is -0.691. The Labute approximate surface area is 182 Å². The van der Waals surface area contributed by atoms with E-state index in [0.717, 1.165) is 50.0 Å². The number of amides is 3. The molecule has 6 nitrogen and oxygen atoms in total. The Morgan fingerprint density at radius 3 is 2.29 bits per heavy atom. The monoisotopic (exact) mass is 417 g/mol. The number of nitrogens with one attached hydrogen (secondary N) is 1. The summed E-state index contributed by atoms with van der Waals surface area (Å²) in [4.78, 5) is 41.5. The molecule has 3 amide bonds. The van der Waals surface area contributed by atoms with Crippen molar-refractivity contribution in [2.75, 3.05) is 23.3 Å². The molecular formula is C25H27N3O3. The number of fused-ring (bicyclic) bond motifs is 2. The number of para-hydroxylation sites is 3. The van der Waals surface area contributed by atoms with Crippen molar-refractivity contribution in [1.29, 1.82) is 0 Å². The first-order valence-corrected chi connectivity index (χ1v) is 11.2. The highest BCUT2D eigenvalue weighted by molar-refractivity contribution is 6.05. The van der Waals surface area contributed by atoms with Crippen LogP contribution in [0.3, 0.4) is 0 Å². The van der Waals surface area contributed by atoms with E-state index in [1.807, 2.05) is 36.4 Å². The van der Waals surface area contributed by atoms with Crippen molar-refractivity contribution in [1.82, 2.24) is 4.90 Å². The smallest absolute Gasteiger partial charge is 0.233 e. The number of hydrogen-bond acceptors (Lipinski definition) is 4. The molecule has 5 rings (SSSR count). The first-order valence-electron chi connectivity index (χ1n) is 11.2. The number of likely N-dealkylation sites (tertiary alicyclic amines) is 1. The van der Waals surface area contributed by atoms with Gasteiger partial charge in [-0.05, 0) is 43.0 Å². The molecule has 0 aromatic heterocycles. The van der Waals surface area contributed by atoms with Gasteiger partial charge in [0.15, 0.2) is 0 Å². The van der Waals surface area contributed by atoms with Crippen LogP contribution in [0.25, 0.3) is 0 Å². The molecular weight excluding hydrogens is 390 g/mol. The van der Waals surface area contributed by atoms with Gasteiger partial charge in [0, 0.05) is 25.2 Å². The highest BCUT2D eigenvalue weighted by Gasteiger charge is 2.47. The largest absolute Gasteiger partial charge is 0.339 e. The van der Waals surface area contributed by atoms with Gasteiger partial charge in [-0.2, -0.15) is 0 Å². The van der Waals surface area contributed by atoms with Crippen molar-refractivity contribution < 1.29 is 14.4 Å². The number of imide groups is 1. The molecule has 1 saturated carbocycles. The lowest BCUT2D eigenvalue weighted by atomic mass is 9.81. The molecule has 31 heavy (non-hydrogen) atoms. The molecule has 2 aliphatic heterocycles. The van der Waals surface area contributed by atoms with Crippen molar-refractivity contribution in [2.24, 2.45) is 11.8 Å². The van der Waals surface area contributed by atoms with Crippen LogP contribution in [0.15, 0.2) is 48.5 Å². The zero-order valence-corrected chi connectivity index (χ0v) is 17.5. The molecule has 0 unspecified atom stereocenters. The van der Waals surface area contributed by atoms with Gasteiger partial charge in [0.05, 0.1) is 23.2 Å². The average Bonchev–Trinajstić information content (AvgIpc) is 3.33. The number of benzene rings is 2. The van der Waals surface area contributed by atoms with Crippen molar-refractivity contribution in [2.45, 2.75) is 38.5 Å². The minimum absolute atomic E-state index is 0.0865. The van der Waals surface area contributed by atoms with E-state index in [1.165, 1.54) is 16.2 Å². The van der Waals surface area contributed by atoms with E-state index in [-0.39, 0.29) is 42.5 Å². The van der Waals surface area contributed by atoms with E-state index >= 15 is 0 Å². The molecule has 160 valence electrons. The Kier molecular flexibility index (Phi) is 5.22. The summed E-state index contributed by atoms with van der Waals surface area (Å²) in [6, 6.07) is 16.1. The van der Waals surface area contributed by atoms with Gasteiger partial charge >= 0.3 is 0 Å². The maximum atomic E-state index is 12.7. The fraction of sp³-hybridized carbons (Fsp3) is 0.400. The van der Waals surface area contributed by atoms with E-state index in [0.29, 0.717) is 0 Å². The van der Waals surface area contributed by atoms with Crippen molar-refractivity contribution in [3.05, 3.63) is 54.1 Å². The summed E-state index contributed by atoms with van der Waals surface area (Å²) < 4.78 is 0. The molecule has 2 aromatic carbocycles. The van der Waals surface area contributed by atoms with Crippen LogP contribution in [0.5, 0.6) is 0 Å². The summed E-state index contributed by atoms with van der Waals surface area (Å²) in [5, 5.41) is 3.00. The van der Waals surface area contributed by atoms with Gasteiger partial charge in [-0.3, -0.25) is 19.3 Å². The van der Waals surface area contributed by atoms with Gasteiger partial charge in [0.25, 0.3) is 0 Å². The van der Waals surface area contributed by atoms with Crippen LogP contribution >= 0.6 is 0 Å². The molecule has 6 heteroatoms. The van der Waals surface area contributed by atoms with E-state index in [4.69, 9.17) is 0 Å². The maximum Gasteiger partial charge on any atom is 0.233 e. The summed E-state index contributed by atoms with van der Waals surface area (Å²) in [7, 11) is 0. The predicted molar refractivity (Wildman–Crippen MR) is 119 cm³/mol. The van der Waals surface area contributed by atoms with Crippen LogP contribution in [0.2, 0.25) is 0 Å². The highest BCUT2D eigenvalue weighted by Crippen LogP contribution is 2.39. The maximum absolute atomic E-state index is 12.7. The Balaban J connectivity index is 1.26. The van der Waals surface area contributed by atoms with Crippen molar-refractivity contribution >= 4 is 34.8 Å². The van der Waals surface area contributed by atoms with Crippen molar-refractivity contribution in [3.63, 3.8) is 0 Å². The fourth-order valence-corrected chi connectivity index (χ4v) is 5.28. The molecule has 3 aliphatic rings. The van der Waals surface area contributed by atoms with Gasteiger partial charge in [0.2, 0.25) is 17.7 Å². The van der Waals surface area contributed by atoms with Crippen LogP contribution < -0.4 is 10.2 Å². The molecule has 2 fully saturated rings. The van der Waals surface area contributed by atoms with Crippen LogP contribution in [0.1, 0.15) is 37.7 Å². The van der Waals surface area contributed by atoms with E-state index in [1.54, 1.807) is 0 Å². The predicted octanol–water partition coefficient (Wildman–Crippen LogP) is 3.88. The standard InChI is InChI=1S/C25H27N3O3/c29-23(14-16-28-24(30)18-8-2-3-9-19(18)25(28)31)26-20-10-4-6-12-22(20)27-15-13-17-7-1-5-11-21(17)27/h1,4-7,10-12,18-19H,2-3,8-9,13-16H2,(H,26,29)/t18-,19-/m0/s1. The SMILES string of the molecule is O=C(CCN1C(=O)[C@H]2CCCC[C@@H]2C1=O)Nc1ccccc1N1CCc2ccccc21. The molecule has 2 heterocycles. The first kappa shape index (κ1) is 19.8. The zero-order chi connectivity index (χ0) is 21.4. The van der Waals surface area contributed by atoms with Crippen LogP contribution in [-0.4, -0.2) is 35.7 Å². The summed E-state index contributed by atoms with van der Waals surface area (Å²) >= 11 is 0. The third-order valence-corrected chi connectivity index (χ3v) is 6.85. The van der Waals surface area contributed by atoms with Crippen LogP contribution in [0.4, 0.5) is 17.1 Å². The van der Waals surface area contributed by atoms with Gasteiger partial charge < -0.3 is 10.2 Å². The molecule has 1 N–H and O–H groups in total. The molecule has 0 radical (unpaired) electrons. The lowest BCUT2D eigenvalue weighted by Crippen LogP contribution is -2.34. The van der Waals surface area contributed by atoms with Crippen LogP contribution in [-0.2, 0) is 20.8 Å². The minimum Gasteiger partial charge on any atom is -0.339 e. The van der Waals surface area contributed by atoms with Gasteiger partial charge in [0.1, 0.15) is 0 Å². The third kappa shape index (κ3) is 3.60. The highest BCUT2D eigenvalue weighted by atomic mass is 16.2. The lowest BCUT2D eigenvalue weighted by Gasteiger charge is -2.23. The minimum atomic E-state index is -0.185. The second-order valence-electron chi connectivity index (χ2n) is 8.67. The summed E-state index contributed by atoms with van der Waals surface area (Å²) in [6.45, 7) is 1.02. The van der Waals surface area contributed by atoms with Gasteiger partial charge in [-0.1, -0.05) is 43.2 Å². The average molecular weight is 418 g/mol. The number of carbonyl (C=O) groups is 3. The third-order valence-electron chi connectivity index (χ3n) is 6.85. The summed E-state index contributed by atoms with van der Waals surface area (Å²) in [5.41, 5.74) is 4.17. The normalized spacial score (nSPS) is 22.5. The number of rotatable bonds is 5. The van der Waals surface area contributed by atoms with Crippen LogP contribution in [0, 0.1) is 11.8 Å². The lowest BCUT2D eigenvalue weighted by molar-refractivity contribution is -0.140. The van der Waals surface area contributed by atoms with Crippen molar-refractivity contribution in [3.8, 4) is 0 Å². The number of carbonyl (C=O) groups excluding carboxylic acids is 3. The second-order valence-corrected chi connectivity index (χ2v) is 8.67. The molecule has 2 aromatic rings. The van der Waals surface area contributed by atoms with Gasteiger partial charge in [-0.25, -0.2) is 0 Å². The molecule has 0 spiro atoms. The number of nitrogens with zero attached hydrogens (tertiary/aromatic N) is 2. The topological polar surface area (TPSA) is 69.7 Å². The Morgan fingerprint density at radius 2 is 1.55 bits per heavy atom. The fourth-order valence-electron chi connectivity index (χ4n) is 5.28. The Morgan fingerprint density at radius 1 is 0.903 bits per heavy atom. The second kappa shape index (κ2) is 8.17.